The molecule has 1 aliphatic rings. The van der Waals surface area contributed by atoms with E-state index in [0.717, 1.165) is 6.42 Å². The van der Waals surface area contributed by atoms with Crippen LogP contribution in [-0.2, 0) is 9.59 Å². The first-order valence-corrected chi connectivity index (χ1v) is 7.33. The number of likely N-dealkylation sites (N-methyl/N-ethyl adjacent to an activating group) is 1. The summed E-state index contributed by atoms with van der Waals surface area (Å²) in [5, 5.41) is 13.3. The van der Waals surface area contributed by atoms with Crippen LogP contribution < -0.4 is 5.32 Å². The molecule has 2 rings (SSSR count). The van der Waals surface area contributed by atoms with Crippen LogP contribution in [0.3, 0.4) is 0 Å². The summed E-state index contributed by atoms with van der Waals surface area (Å²) in [7, 11) is 1.69. The van der Waals surface area contributed by atoms with Gasteiger partial charge in [-0.25, -0.2) is 0 Å². The number of nitrogens with zero attached hydrogens (tertiary/aromatic N) is 1. The van der Waals surface area contributed by atoms with Gasteiger partial charge in [-0.2, -0.15) is 0 Å². The van der Waals surface area contributed by atoms with E-state index in [-0.39, 0.29) is 5.91 Å². The second-order valence-corrected chi connectivity index (χ2v) is 5.94. The summed E-state index contributed by atoms with van der Waals surface area (Å²) in [5.41, 5.74) is 0.293. The molecule has 1 aliphatic heterocycles. The molecule has 0 radical (unpaired) electrons. The lowest BCUT2D eigenvalue weighted by Gasteiger charge is -2.30. The average Bonchev–Trinajstić information content (AvgIpc) is 2.42. The lowest BCUT2D eigenvalue weighted by atomic mass is 10.0. The number of aliphatic hydroxyl groups excluding tert-OH is 1. The summed E-state index contributed by atoms with van der Waals surface area (Å²) in [5.74, 6) is -0.784. The van der Waals surface area contributed by atoms with Gasteiger partial charge in [0.25, 0.3) is 5.91 Å². The highest BCUT2D eigenvalue weighted by Gasteiger charge is 2.30. The Kier molecular flexibility index (Phi) is 5.08. The molecule has 2 N–H and O–H groups in total. The molecule has 114 valence electrons. The first-order chi connectivity index (χ1) is 9.88. The molecule has 2 amide bonds. The number of nitrogens with one attached hydrogen (secondary N) is 1. The maximum atomic E-state index is 12.1. The van der Waals surface area contributed by atoms with Gasteiger partial charge in [0, 0.05) is 23.6 Å². The van der Waals surface area contributed by atoms with Gasteiger partial charge in [-0.05, 0) is 36.6 Å². The molecule has 5 nitrogen and oxygen atoms in total. The lowest BCUT2D eigenvalue weighted by Crippen LogP contribution is -2.51. The third kappa shape index (κ3) is 3.87. The van der Waals surface area contributed by atoms with Crippen molar-refractivity contribution < 1.29 is 14.7 Å². The second kappa shape index (κ2) is 6.64. The largest absolute Gasteiger partial charge is 0.378 e. The molecular formula is C14H16Cl2N2O3. The first kappa shape index (κ1) is 16.1. The van der Waals surface area contributed by atoms with Gasteiger partial charge >= 0.3 is 0 Å². The van der Waals surface area contributed by atoms with E-state index in [1.807, 2.05) is 0 Å². The number of rotatable bonds is 3. The summed E-state index contributed by atoms with van der Waals surface area (Å²) in [6.07, 6.45) is -0.0363. The Morgan fingerprint density at radius 2 is 2.00 bits per heavy atom. The van der Waals surface area contributed by atoms with Crippen molar-refractivity contribution in [1.82, 2.24) is 10.2 Å². The van der Waals surface area contributed by atoms with E-state index < -0.39 is 18.1 Å². The van der Waals surface area contributed by atoms with Crippen molar-refractivity contribution in [3.05, 3.63) is 33.8 Å². The molecule has 1 aromatic carbocycles. The number of carbonyl (C=O) groups is 2. The number of benzene rings is 1. The standard InChI is InChI=1S/C14H16Cl2N2O3/c1-18-4-2-3-11(14(18)21)17-13(20)12(19)8-5-9(15)7-10(16)6-8/h5-7,11-12,19H,2-4H2,1H3,(H,17,20)/t11-,12-/m0/s1. The normalized spacial score (nSPS) is 20.3. The van der Waals surface area contributed by atoms with E-state index in [2.05, 4.69) is 5.32 Å². The minimum absolute atomic E-state index is 0.147. The molecule has 0 spiro atoms. The zero-order valence-corrected chi connectivity index (χ0v) is 13.0. The van der Waals surface area contributed by atoms with E-state index >= 15 is 0 Å². The number of likely N-dealkylation sites (tertiary alicyclic amines) is 1. The van der Waals surface area contributed by atoms with E-state index in [1.54, 1.807) is 11.9 Å². The van der Waals surface area contributed by atoms with Gasteiger partial charge in [0.05, 0.1) is 0 Å². The van der Waals surface area contributed by atoms with E-state index in [4.69, 9.17) is 23.2 Å². The van der Waals surface area contributed by atoms with E-state index in [9.17, 15) is 14.7 Å². The summed E-state index contributed by atoms with van der Waals surface area (Å²) in [6.45, 7) is 0.678. The molecular weight excluding hydrogens is 315 g/mol. The van der Waals surface area contributed by atoms with Crippen molar-refractivity contribution >= 4 is 35.0 Å². The first-order valence-electron chi connectivity index (χ1n) is 6.58. The molecule has 1 heterocycles. The average molecular weight is 331 g/mol. The van der Waals surface area contributed by atoms with Crippen LogP contribution in [0.2, 0.25) is 10.0 Å². The second-order valence-electron chi connectivity index (χ2n) is 5.07. The van der Waals surface area contributed by atoms with Crippen LogP contribution in [0.25, 0.3) is 0 Å². The summed E-state index contributed by atoms with van der Waals surface area (Å²) in [4.78, 5) is 25.6. The van der Waals surface area contributed by atoms with Crippen LogP contribution in [0.15, 0.2) is 18.2 Å². The Morgan fingerprint density at radius 1 is 1.38 bits per heavy atom. The SMILES string of the molecule is CN1CCC[C@H](NC(=O)[C@@H](O)c2cc(Cl)cc(Cl)c2)C1=O. The fourth-order valence-corrected chi connectivity index (χ4v) is 2.84. The van der Waals surface area contributed by atoms with Crippen molar-refractivity contribution in [2.24, 2.45) is 0 Å². The van der Waals surface area contributed by atoms with Crippen molar-refractivity contribution in [2.45, 2.75) is 25.0 Å². The molecule has 21 heavy (non-hydrogen) atoms. The number of amides is 2. The van der Waals surface area contributed by atoms with Crippen molar-refractivity contribution in [3.63, 3.8) is 0 Å². The van der Waals surface area contributed by atoms with Crippen molar-refractivity contribution in [3.8, 4) is 0 Å². The van der Waals surface area contributed by atoms with Gasteiger partial charge in [0.1, 0.15) is 6.04 Å². The van der Waals surface area contributed by atoms with E-state index in [1.165, 1.54) is 18.2 Å². The minimum atomic E-state index is -1.42. The van der Waals surface area contributed by atoms with Crippen LogP contribution in [0, 0.1) is 0 Å². The molecule has 1 saturated heterocycles. The fourth-order valence-electron chi connectivity index (χ4n) is 2.30. The van der Waals surface area contributed by atoms with Crippen molar-refractivity contribution in [1.29, 1.82) is 0 Å². The third-order valence-electron chi connectivity index (χ3n) is 3.43. The molecule has 1 aromatic rings. The van der Waals surface area contributed by atoms with Gasteiger partial charge in [0.2, 0.25) is 5.91 Å². The van der Waals surface area contributed by atoms with Gasteiger partial charge in [-0.1, -0.05) is 23.2 Å². The molecule has 0 bridgehead atoms. The number of piperidine rings is 1. The Labute approximate surface area is 132 Å². The Bertz CT molecular complexity index is 545. The topological polar surface area (TPSA) is 69.6 Å². The van der Waals surface area contributed by atoms with Crippen LogP contribution in [-0.4, -0.2) is 41.5 Å². The van der Waals surface area contributed by atoms with E-state index in [0.29, 0.717) is 28.6 Å². The predicted molar refractivity (Wildman–Crippen MR) is 80.2 cm³/mol. The quantitative estimate of drug-likeness (QED) is 0.887. The van der Waals surface area contributed by atoms with Crippen LogP contribution in [0.1, 0.15) is 24.5 Å². The molecule has 0 unspecified atom stereocenters. The number of hydrogen-bond acceptors (Lipinski definition) is 3. The summed E-state index contributed by atoms with van der Waals surface area (Å²) >= 11 is 11.7. The maximum absolute atomic E-state index is 12.1. The highest BCUT2D eigenvalue weighted by atomic mass is 35.5. The van der Waals surface area contributed by atoms with Gasteiger partial charge in [-0.3, -0.25) is 9.59 Å². The molecule has 1 fully saturated rings. The fraction of sp³-hybridized carbons (Fsp3) is 0.429. The predicted octanol–water partition coefficient (Wildman–Crippen LogP) is 1.76. The number of carbonyl (C=O) groups excluding carboxylic acids is 2. The van der Waals surface area contributed by atoms with Crippen LogP contribution in [0.5, 0.6) is 0 Å². The van der Waals surface area contributed by atoms with Crippen LogP contribution in [0.4, 0.5) is 0 Å². The monoisotopic (exact) mass is 330 g/mol. The zero-order valence-electron chi connectivity index (χ0n) is 11.5. The highest BCUT2D eigenvalue weighted by molar-refractivity contribution is 6.34. The molecule has 0 aromatic heterocycles. The highest BCUT2D eigenvalue weighted by Crippen LogP contribution is 2.24. The molecule has 7 heteroatoms. The van der Waals surface area contributed by atoms with Crippen LogP contribution >= 0.6 is 23.2 Å². The smallest absolute Gasteiger partial charge is 0.254 e. The zero-order chi connectivity index (χ0) is 15.6. The molecule has 0 aliphatic carbocycles. The molecule has 0 saturated carbocycles. The number of halogens is 2. The Hall–Kier alpha value is -1.30. The van der Waals surface area contributed by atoms with Gasteiger partial charge in [0.15, 0.2) is 6.10 Å². The number of aliphatic hydroxyl groups is 1. The Balaban J connectivity index is 2.07. The summed E-state index contributed by atoms with van der Waals surface area (Å²) < 4.78 is 0. The van der Waals surface area contributed by atoms with Gasteiger partial charge < -0.3 is 15.3 Å². The third-order valence-corrected chi connectivity index (χ3v) is 3.86. The number of hydrogen-bond donors (Lipinski definition) is 2. The minimum Gasteiger partial charge on any atom is -0.378 e. The maximum Gasteiger partial charge on any atom is 0.254 e. The summed E-state index contributed by atoms with van der Waals surface area (Å²) in [6, 6.07) is 3.84. The van der Waals surface area contributed by atoms with Gasteiger partial charge in [-0.15, -0.1) is 0 Å². The Morgan fingerprint density at radius 3 is 2.62 bits per heavy atom. The van der Waals surface area contributed by atoms with Crippen molar-refractivity contribution in [2.75, 3.05) is 13.6 Å². The lowest BCUT2D eigenvalue weighted by molar-refractivity contribution is -0.140. The molecule has 2 atom stereocenters.